The van der Waals surface area contributed by atoms with Crippen LogP contribution in [0, 0.1) is 25.7 Å². The first-order valence-corrected chi connectivity index (χ1v) is 27.5. The number of carbonyl (C=O) groups excluding carboxylic acids is 1. The van der Waals surface area contributed by atoms with Crippen LogP contribution in [0.4, 0.5) is 23.0 Å². The van der Waals surface area contributed by atoms with Crippen LogP contribution in [0.3, 0.4) is 0 Å². The Morgan fingerprint density at radius 2 is 1.03 bits per heavy atom. The highest BCUT2D eigenvalue weighted by molar-refractivity contribution is 6.75. The molecule has 0 unspecified atom stereocenters. The van der Waals surface area contributed by atoms with E-state index >= 15 is 0 Å². The predicted molar refractivity (Wildman–Crippen MR) is 257 cm³/mol. The highest BCUT2D eigenvalue weighted by Crippen LogP contribution is 2.38. The number of carboxylic acid groups (broad SMARTS) is 1. The molecule has 2 fully saturated rings. The zero-order valence-electron chi connectivity index (χ0n) is 38.8. The molecule has 13 heteroatoms. The molecular formula is C48H72N6O5Si2. The Bertz CT molecular complexity index is 1980. The molecular weight excluding hydrogens is 797 g/mol. The first-order valence-electron chi connectivity index (χ1n) is 21.7. The number of nitrogens with two attached hydrogens (primary N) is 1. The van der Waals surface area contributed by atoms with E-state index in [1.54, 1.807) is 18.5 Å². The van der Waals surface area contributed by atoms with Gasteiger partial charge in [0.1, 0.15) is 23.1 Å². The van der Waals surface area contributed by atoms with Crippen LogP contribution >= 0.6 is 0 Å². The zero-order chi connectivity index (χ0) is 45.2. The molecule has 11 nitrogen and oxygen atoms in total. The molecule has 4 aromatic rings. The molecule has 2 aliphatic rings. The van der Waals surface area contributed by atoms with E-state index in [2.05, 4.69) is 155 Å². The molecule has 4 N–H and O–H groups in total. The number of aryl methyl sites for hydroxylation is 2. The van der Waals surface area contributed by atoms with Gasteiger partial charge in [-0.1, -0.05) is 76.9 Å². The normalized spacial score (nSPS) is 15.4. The molecule has 0 atom stereocenters. The maximum atomic E-state index is 12.7. The van der Waals surface area contributed by atoms with E-state index in [0.717, 1.165) is 63.4 Å². The van der Waals surface area contributed by atoms with Crippen molar-refractivity contribution in [1.29, 1.82) is 0 Å². The minimum Gasteiger partial charge on any atom is -0.542 e. The van der Waals surface area contributed by atoms with Crippen LogP contribution in [-0.4, -0.2) is 69.8 Å². The highest BCUT2D eigenvalue weighted by Gasteiger charge is 2.40. The molecule has 2 aliphatic heterocycles. The van der Waals surface area contributed by atoms with Crippen LogP contribution in [0.25, 0.3) is 0 Å². The maximum absolute atomic E-state index is 12.7. The summed E-state index contributed by atoms with van der Waals surface area (Å²) in [5.41, 5.74) is 10.5. The first-order chi connectivity index (χ1) is 28.4. The van der Waals surface area contributed by atoms with Crippen molar-refractivity contribution in [2.45, 2.75) is 117 Å². The van der Waals surface area contributed by atoms with Gasteiger partial charge >= 0.3 is 5.97 Å². The number of nitrogens with one attached hydrogen (secondary N) is 1. The van der Waals surface area contributed by atoms with Gasteiger partial charge in [-0.2, -0.15) is 0 Å². The standard InChI is InChI=1S/C24H35N3O2Si.C13H17NO2.C11H20N2OSi/c1-18-7-9-20(10-8-18)27-15-13-19(14-16-27)23(28)26-22-12-11-21(17-25-22)29-30(5,6)24(2,3)4;1-10-2-4-12(5-3-10)14-8-6-11(7-9-14)13(15)16;1-11(2,3)15(4,5)14-9-6-7-10(12)13-8-9/h7-12,17,19H,13-16H2,1-6H3,(H,25,26,28);2-5,11H,6-9H2,1H3,(H,15,16);6-8H,1-5H3,(H2,12,13). The number of nitrogens with zero attached hydrogens (tertiary/aromatic N) is 4. The average molecular weight is 869 g/mol. The molecule has 2 aromatic heterocycles. The molecule has 0 bridgehead atoms. The van der Waals surface area contributed by atoms with Crippen molar-refractivity contribution in [3.8, 4) is 11.5 Å². The summed E-state index contributed by atoms with van der Waals surface area (Å²) in [6.45, 7) is 29.8. The SMILES string of the molecule is CC(C)(C)[Si](C)(C)Oc1ccc(N)nc1.Cc1ccc(N2CCC(C(=O)Nc3ccc(O[Si](C)(C)C(C)(C)C)cn3)CC2)cc1.Cc1ccc(N2CCC(C(=O)O)CC2)cc1. The summed E-state index contributed by atoms with van der Waals surface area (Å²) >= 11 is 0. The van der Waals surface area contributed by atoms with Crippen molar-refractivity contribution in [2.75, 3.05) is 47.0 Å². The fraction of sp³-hybridized carbons (Fsp3) is 0.500. The maximum Gasteiger partial charge on any atom is 0.306 e. The van der Waals surface area contributed by atoms with Gasteiger partial charge in [-0.25, -0.2) is 9.97 Å². The second-order valence-corrected chi connectivity index (χ2v) is 29.0. The number of hydrogen-bond acceptors (Lipinski definition) is 9. The van der Waals surface area contributed by atoms with Gasteiger partial charge < -0.3 is 34.8 Å². The number of carboxylic acids is 1. The van der Waals surface area contributed by atoms with Crippen molar-refractivity contribution in [2.24, 2.45) is 11.8 Å². The molecule has 332 valence electrons. The molecule has 0 aliphatic carbocycles. The summed E-state index contributed by atoms with van der Waals surface area (Å²) in [6, 6.07) is 24.4. The fourth-order valence-corrected chi connectivity index (χ4v) is 8.42. The monoisotopic (exact) mass is 869 g/mol. The fourth-order valence-electron chi connectivity index (χ4n) is 6.39. The molecule has 0 spiro atoms. The third-order valence-electron chi connectivity index (χ3n) is 12.6. The molecule has 1 amide bonds. The summed E-state index contributed by atoms with van der Waals surface area (Å²) in [4.78, 5) is 36.6. The largest absolute Gasteiger partial charge is 0.542 e. The van der Waals surface area contributed by atoms with Gasteiger partial charge in [0.15, 0.2) is 0 Å². The van der Waals surface area contributed by atoms with Gasteiger partial charge in [0, 0.05) is 43.5 Å². The van der Waals surface area contributed by atoms with Crippen LogP contribution in [0.5, 0.6) is 11.5 Å². The third-order valence-corrected chi connectivity index (χ3v) is 21.3. The van der Waals surface area contributed by atoms with Crippen molar-refractivity contribution < 1.29 is 23.5 Å². The van der Waals surface area contributed by atoms with Crippen LogP contribution < -0.4 is 29.7 Å². The van der Waals surface area contributed by atoms with E-state index in [1.165, 1.54) is 22.5 Å². The zero-order valence-corrected chi connectivity index (χ0v) is 40.8. The Kier molecular flexibility index (Phi) is 16.6. The van der Waals surface area contributed by atoms with E-state index < -0.39 is 22.6 Å². The van der Waals surface area contributed by atoms with E-state index in [-0.39, 0.29) is 27.8 Å². The second kappa shape index (κ2) is 20.8. The van der Waals surface area contributed by atoms with Gasteiger partial charge in [0.05, 0.1) is 18.3 Å². The second-order valence-electron chi connectivity index (χ2n) is 19.5. The Balaban J connectivity index is 0.000000222. The lowest BCUT2D eigenvalue weighted by Crippen LogP contribution is -2.43. The number of anilines is 4. The van der Waals surface area contributed by atoms with Crippen LogP contribution in [0.2, 0.25) is 36.3 Å². The van der Waals surface area contributed by atoms with Crippen LogP contribution in [0.1, 0.15) is 78.4 Å². The summed E-state index contributed by atoms with van der Waals surface area (Å²) in [5, 5.41) is 12.2. The van der Waals surface area contributed by atoms with E-state index in [4.69, 9.17) is 19.7 Å². The quantitative estimate of drug-likeness (QED) is 0.139. The number of amides is 1. The number of carbonyl (C=O) groups is 2. The number of aliphatic carboxylic acids is 1. The minimum atomic E-state index is -1.89. The van der Waals surface area contributed by atoms with E-state index in [1.807, 2.05) is 18.2 Å². The van der Waals surface area contributed by atoms with Crippen molar-refractivity contribution in [1.82, 2.24) is 9.97 Å². The van der Waals surface area contributed by atoms with Crippen molar-refractivity contribution in [3.63, 3.8) is 0 Å². The third kappa shape index (κ3) is 14.6. The lowest BCUT2D eigenvalue weighted by molar-refractivity contribution is -0.142. The molecule has 0 radical (unpaired) electrons. The number of aromatic nitrogens is 2. The van der Waals surface area contributed by atoms with E-state index in [0.29, 0.717) is 11.6 Å². The number of hydrogen-bond donors (Lipinski definition) is 3. The van der Waals surface area contributed by atoms with Gasteiger partial charge in [-0.15, -0.1) is 0 Å². The molecule has 2 saturated heterocycles. The highest BCUT2D eigenvalue weighted by atomic mass is 28.4. The lowest BCUT2D eigenvalue weighted by atomic mass is 9.95. The van der Waals surface area contributed by atoms with E-state index in [9.17, 15) is 9.59 Å². The van der Waals surface area contributed by atoms with Gasteiger partial charge in [-0.3, -0.25) is 9.59 Å². The number of nitrogen functional groups attached to an aromatic ring is 1. The summed E-state index contributed by atoms with van der Waals surface area (Å²) in [5.74, 6) is 1.98. The number of piperidine rings is 2. The predicted octanol–water partition coefficient (Wildman–Crippen LogP) is 11.0. The first kappa shape index (κ1) is 48.8. The molecule has 4 heterocycles. The summed E-state index contributed by atoms with van der Waals surface area (Å²) in [6.07, 6.45) is 6.62. The molecule has 61 heavy (non-hydrogen) atoms. The Labute approximate surface area is 367 Å². The smallest absolute Gasteiger partial charge is 0.306 e. The molecule has 2 aromatic carbocycles. The Hall–Kier alpha value is -4.89. The topological polar surface area (TPSA) is 143 Å². The number of rotatable bonds is 9. The van der Waals surface area contributed by atoms with Gasteiger partial charge in [0.25, 0.3) is 16.6 Å². The number of pyridine rings is 2. The van der Waals surface area contributed by atoms with Gasteiger partial charge in [0.2, 0.25) is 5.91 Å². The Morgan fingerprint density at radius 1 is 0.639 bits per heavy atom. The summed E-state index contributed by atoms with van der Waals surface area (Å²) < 4.78 is 12.3. The molecule has 6 rings (SSSR count). The molecule has 0 saturated carbocycles. The number of benzene rings is 2. The van der Waals surface area contributed by atoms with Crippen LogP contribution in [0.15, 0.2) is 85.2 Å². The Morgan fingerprint density at radius 3 is 1.38 bits per heavy atom. The lowest BCUT2D eigenvalue weighted by Gasteiger charge is -2.36. The van der Waals surface area contributed by atoms with Crippen LogP contribution in [-0.2, 0) is 9.59 Å². The minimum absolute atomic E-state index is 0.0247. The van der Waals surface area contributed by atoms with Crippen molar-refractivity contribution in [3.05, 3.63) is 96.3 Å². The summed E-state index contributed by atoms with van der Waals surface area (Å²) in [7, 11) is -3.64. The van der Waals surface area contributed by atoms with Crippen molar-refractivity contribution >= 4 is 51.5 Å². The average Bonchev–Trinajstić information content (AvgIpc) is 3.20. The van der Waals surface area contributed by atoms with Gasteiger partial charge in [-0.05, 0) is 124 Å².